The fourth-order valence-corrected chi connectivity index (χ4v) is 4.27. The molecule has 2 amide bonds. The highest BCUT2D eigenvalue weighted by Gasteiger charge is 2.42. The number of nitrogens with zero attached hydrogens (tertiary/aromatic N) is 3. The smallest absolute Gasteiger partial charge is 0.418 e. The molecule has 4 rings (SSSR count). The van der Waals surface area contributed by atoms with E-state index in [1.54, 1.807) is 32.9 Å². The fourth-order valence-electron chi connectivity index (χ4n) is 4.27. The van der Waals surface area contributed by atoms with E-state index in [1.807, 2.05) is 84.9 Å². The van der Waals surface area contributed by atoms with Gasteiger partial charge in [-0.05, 0) is 53.5 Å². The number of likely N-dealkylation sites (N-methyl/N-ethyl adjacent to an activating group) is 1. The predicted octanol–water partition coefficient (Wildman–Crippen LogP) is 5.69. The Morgan fingerprint density at radius 3 is 2.18 bits per heavy atom. The van der Waals surface area contributed by atoms with Crippen LogP contribution in [0.4, 0.5) is 4.79 Å². The van der Waals surface area contributed by atoms with E-state index in [2.05, 4.69) is 4.99 Å². The third-order valence-corrected chi connectivity index (χ3v) is 6.51. The summed E-state index contributed by atoms with van der Waals surface area (Å²) in [6.07, 6.45) is 1.11. The average molecular weight is 528 g/mol. The third kappa shape index (κ3) is 6.65. The van der Waals surface area contributed by atoms with Crippen LogP contribution in [0.15, 0.2) is 89.6 Å². The van der Waals surface area contributed by atoms with Crippen LogP contribution in [-0.4, -0.2) is 53.1 Å². The Bertz CT molecular complexity index is 1350. The highest BCUT2D eigenvalue weighted by Crippen LogP contribution is 2.31. The van der Waals surface area contributed by atoms with Crippen LogP contribution in [0.25, 0.3) is 6.08 Å². The molecular formula is C31H33N3O5. The number of aliphatic imine (C=N–C) groups is 1. The summed E-state index contributed by atoms with van der Waals surface area (Å²) in [6.45, 7) is 3.94. The van der Waals surface area contributed by atoms with Crippen molar-refractivity contribution in [3.05, 3.63) is 101 Å². The molecule has 1 unspecified atom stereocenters. The quantitative estimate of drug-likeness (QED) is 0.405. The lowest BCUT2D eigenvalue weighted by Crippen LogP contribution is -2.36. The number of methoxy groups -OCH3 is 1. The molecule has 39 heavy (non-hydrogen) atoms. The standard InChI is InChI=1S/C31H33N3O5/c1-21(2)29(35)32-30-33(3)27(28(34(30)31(36)37)19-23-10-14-25(38-4)15-11-23)18-22-12-16-26(17-13-22)39-20-24-8-6-5-7-9-24/h5-17,19,21,27H,18,20H2,1-4H3,(H,36,37)/b28-19-,32-30-. The number of guanidine groups is 1. The SMILES string of the molecule is COc1ccc(/C=C2/C(Cc3ccc(OCc4ccccc4)cc3)N(C)/C(=N/C(=O)C(C)C)N2C(=O)O)cc1. The first-order chi connectivity index (χ1) is 18.8. The predicted molar refractivity (Wildman–Crippen MR) is 151 cm³/mol. The lowest BCUT2D eigenvalue weighted by molar-refractivity contribution is -0.120. The van der Waals surface area contributed by atoms with Gasteiger partial charge < -0.3 is 19.5 Å². The fraction of sp³-hybridized carbons (Fsp3) is 0.258. The lowest BCUT2D eigenvalue weighted by Gasteiger charge is -2.20. The van der Waals surface area contributed by atoms with Crippen molar-refractivity contribution in [3.8, 4) is 11.5 Å². The van der Waals surface area contributed by atoms with Crippen molar-refractivity contribution in [2.45, 2.75) is 32.9 Å². The normalized spacial score (nSPS) is 17.2. The molecule has 0 radical (unpaired) electrons. The van der Waals surface area contributed by atoms with Crippen molar-refractivity contribution in [2.75, 3.05) is 14.2 Å². The van der Waals surface area contributed by atoms with Gasteiger partial charge in [0.1, 0.15) is 18.1 Å². The Kier molecular flexibility index (Phi) is 8.66. The summed E-state index contributed by atoms with van der Waals surface area (Å²) < 4.78 is 11.2. The number of amides is 2. The van der Waals surface area contributed by atoms with Gasteiger partial charge in [-0.1, -0.05) is 68.4 Å². The van der Waals surface area contributed by atoms with E-state index in [9.17, 15) is 14.7 Å². The van der Waals surface area contributed by atoms with Crippen LogP contribution < -0.4 is 9.47 Å². The Balaban J connectivity index is 1.64. The van der Waals surface area contributed by atoms with Crippen LogP contribution in [0, 0.1) is 5.92 Å². The number of ether oxygens (including phenoxy) is 2. The molecule has 1 atom stereocenters. The average Bonchev–Trinajstić information content (AvgIpc) is 3.19. The monoisotopic (exact) mass is 527 g/mol. The number of carboxylic acid groups (broad SMARTS) is 1. The van der Waals surface area contributed by atoms with E-state index >= 15 is 0 Å². The van der Waals surface area contributed by atoms with E-state index in [1.165, 1.54) is 0 Å². The number of hydrogen-bond donors (Lipinski definition) is 1. The van der Waals surface area contributed by atoms with Crippen molar-refractivity contribution >= 4 is 24.0 Å². The second kappa shape index (κ2) is 12.3. The van der Waals surface area contributed by atoms with Crippen LogP contribution in [0.3, 0.4) is 0 Å². The molecular weight excluding hydrogens is 494 g/mol. The number of rotatable bonds is 8. The number of carbonyl (C=O) groups is 2. The summed E-state index contributed by atoms with van der Waals surface area (Å²) >= 11 is 0. The molecule has 3 aromatic rings. The summed E-state index contributed by atoms with van der Waals surface area (Å²) in [6, 6.07) is 24.7. The van der Waals surface area contributed by atoms with Gasteiger partial charge in [-0.2, -0.15) is 4.99 Å². The summed E-state index contributed by atoms with van der Waals surface area (Å²) in [4.78, 5) is 32.1. The Morgan fingerprint density at radius 1 is 0.949 bits per heavy atom. The number of benzene rings is 3. The van der Waals surface area contributed by atoms with Gasteiger partial charge in [0.25, 0.3) is 5.91 Å². The van der Waals surface area contributed by atoms with Gasteiger partial charge in [0.2, 0.25) is 5.96 Å². The van der Waals surface area contributed by atoms with Crippen molar-refractivity contribution in [1.29, 1.82) is 0 Å². The molecule has 1 aliphatic rings. The van der Waals surface area contributed by atoms with Crippen molar-refractivity contribution < 1.29 is 24.2 Å². The Morgan fingerprint density at radius 2 is 1.59 bits per heavy atom. The largest absolute Gasteiger partial charge is 0.497 e. The zero-order valence-corrected chi connectivity index (χ0v) is 22.6. The molecule has 8 nitrogen and oxygen atoms in total. The minimum Gasteiger partial charge on any atom is -0.497 e. The van der Waals surface area contributed by atoms with Crippen LogP contribution in [-0.2, 0) is 17.8 Å². The van der Waals surface area contributed by atoms with Crippen LogP contribution in [0.5, 0.6) is 11.5 Å². The molecule has 1 N–H and O–H groups in total. The summed E-state index contributed by atoms with van der Waals surface area (Å²) in [7, 11) is 3.35. The Hall–Kier alpha value is -4.59. The van der Waals surface area contributed by atoms with Gasteiger partial charge in [0.05, 0.1) is 18.8 Å². The van der Waals surface area contributed by atoms with Crippen molar-refractivity contribution in [2.24, 2.45) is 10.9 Å². The van der Waals surface area contributed by atoms with Gasteiger partial charge >= 0.3 is 6.09 Å². The van der Waals surface area contributed by atoms with Crippen LogP contribution in [0.2, 0.25) is 0 Å². The zero-order chi connectivity index (χ0) is 27.9. The lowest BCUT2D eigenvalue weighted by atomic mass is 10.0. The topological polar surface area (TPSA) is 91.7 Å². The van der Waals surface area contributed by atoms with E-state index in [-0.39, 0.29) is 23.8 Å². The van der Waals surface area contributed by atoms with Crippen LogP contribution in [0.1, 0.15) is 30.5 Å². The van der Waals surface area contributed by atoms with Crippen molar-refractivity contribution in [3.63, 3.8) is 0 Å². The third-order valence-electron chi connectivity index (χ3n) is 6.51. The molecule has 0 aromatic heterocycles. The zero-order valence-electron chi connectivity index (χ0n) is 22.6. The molecule has 8 heteroatoms. The van der Waals surface area contributed by atoms with E-state index in [0.29, 0.717) is 24.5 Å². The summed E-state index contributed by atoms with van der Waals surface area (Å²) in [5.41, 5.74) is 3.38. The molecule has 3 aromatic carbocycles. The molecule has 202 valence electrons. The first-order valence-electron chi connectivity index (χ1n) is 12.8. The van der Waals surface area contributed by atoms with Gasteiger partial charge in [0.15, 0.2) is 0 Å². The Labute approximate surface area is 228 Å². The van der Waals surface area contributed by atoms with E-state index in [0.717, 1.165) is 27.3 Å². The minimum atomic E-state index is -1.20. The highest BCUT2D eigenvalue weighted by atomic mass is 16.5. The van der Waals surface area contributed by atoms with Crippen LogP contribution >= 0.6 is 0 Å². The second-order valence-electron chi connectivity index (χ2n) is 9.61. The maximum atomic E-state index is 12.5. The number of hydrogen-bond acceptors (Lipinski definition) is 4. The highest BCUT2D eigenvalue weighted by molar-refractivity contribution is 6.04. The summed E-state index contributed by atoms with van der Waals surface area (Å²) in [5.74, 6) is 0.791. The first kappa shape index (κ1) is 27.4. The molecule has 1 aliphatic heterocycles. The summed E-state index contributed by atoms with van der Waals surface area (Å²) in [5, 5.41) is 10.2. The molecule has 1 heterocycles. The van der Waals surface area contributed by atoms with Crippen molar-refractivity contribution in [1.82, 2.24) is 9.80 Å². The van der Waals surface area contributed by atoms with Gasteiger partial charge in [-0.25, -0.2) is 9.69 Å². The maximum absolute atomic E-state index is 12.5. The maximum Gasteiger partial charge on any atom is 0.418 e. The molecule has 0 saturated carbocycles. The molecule has 0 spiro atoms. The minimum absolute atomic E-state index is 0.0915. The first-order valence-corrected chi connectivity index (χ1v) is 12.8. The molecule has 0 bridgehead atoms. The number of carbonyl (C=O) groups excluding carboxylic acids is 1. The van der Waals surface area contributed by atoms with Gasteiger partial charge in [-0.3, -0.25) is 4.79 Å². The van der Waals surface area contributed by atoms with Gasteiger partial charge in [0, 0.05) is 13.0 Å². The molecule has 1 fully saturated rings. The molecule has 1 saturated heterocycles. The second-order valence-corrected chi connectivity index (χ2v) is 9.61. The van der Waals surface area contributed by atoms with E-state index in [4.69, 9.17) is 9.47 Å². The molecule has 0 aliphatic carbocycles. The van der Waals surface area contributed by atoms with Gasteiger partial charge in [-0.15, -0.1) is 0 Å². The van der Waals surface area contributed by atoms with E-state index < -0.39 is 6.09 Å².